The van der Waals surface area contributed by atoms with E-state index in [1.54, 1.807) is 11.3 Å². The number of rotatable bonds is 8. The largest absolute Gasteiger partial charge is 0.462 e. The molecule has 0 radical (unpaired) electrons. The van der Waals surface area contributed by atoms with Crippen molar-refractivity contribution < 1.29 is 18.6 Å². The second kappa shape index (κ2) is 9.16. The molecule has 0 amide bonds. The highest BCUT2D eigenvalue weighted by Gasteiger charge is 2.33. The van der Waals surface area contributed by atoms with Crippen LogP contribution in [-0.4, -0.2) is 22.5 Å². The molecule has 0 fully saturated rings. The third-order valence-corrected chi connectivity index (χ3v) is 6.09. The standard InChI is InChI=1S/C16H27N3O3PS/c1-7-9-15(8-2)22-23(24,19-11-10-18(6)12-19)17-14(5)16(20)21-13(3)4/h7-14H,1-6H3,(H,17,24)/q+1. The third-order valence-electron chi connectivity index (χ3n) is 2.97. The second-order valence-corrected chi connectivity index (χ2v) is 9.03. The summed E-state index contributed by atoms with van der Waals surface area (Å²) < 4.78 is 15.0. The quantitative estimate of drug-likeness (QED) is 0.250. The molecule has 2 unspecified atom stereocenters. The Bertz CT molecular complexity index is 667. The number of ether oxygens (including phenoxy) is 1. The number of imidazole rings is 1. The number of aromatic nitrogens is 2. The first-order valence-corrected chi connectivity index (χ1v) is 10.5. The summed E-state index contributed by atoms with van der Waals surface area (Å²) in [5.74, 6) is 0.293. The van der Waals surface area contributed by atoms with Crippen molar-refractivity contribution in [2.45, 2.75) is 46.8 Å². The molecule has 6 nitrogen and oxygen atoms in total. The summed E-state index contributed by atoms with van der Waals surface area (Å²) in [6.07, 6.45) is 10.9. The van der Waals surface area contributed by atoms with Crippen molar-refractivity contribution in [3.8, 4) is 0 Å². The van der Waals surface area contributed by atoms with Gasteiger partial charge in [0.15, 0.2) is 0 Å². The molecule has 0 aromatic carbocycles. The fraction of sp³-hybridized carbons (Fsp3) is 0.500. The third kappa shape index (κ3) is 5.89. The Morgan fingerprint density at radius 1 is 1.38 bits per heavy atom. The monoisotopic (exact) mass is 372 g/mol. The fourth-order valence-corrected chi connectivity index (χ4v) is 4.73. The predicted octanol–water partition coefficient (Wildman–Crippen LogP) is 2.81. The maximum Gasteiger partial charge on any atom is 0.367 e. The maximum atomic E-state index is 12.1. The van der Waals surface area contributed by atoms with Crippen molar-refractivity contribution in [2.75, 3.05) is 0 Å². The summed E-state index contributed by atoms with van der Waals surface area (Å²) in [5, 5.41) is 3.16. The highest BCUT2D eigenvalue weighted by molar-refractivity contribution is 8.10. The van der Waals surface area contributed by atoms with Crippen LogP contribution in [0.1, 0.15) is 34.6 Å². The summed E-state index contributed by atoms with van der Waals surface area (Å²) in [5.41, 5.74) is 0. The number of carbonyl (C=O) groups is 1. The number of carbonyl (C=O) groups excluding carboxylic acids is 1. The molecule has 134 valence electrons. The van der Waals surface area contributed by atoms with Gasteiger partial charge >= 0.3 is 12.5 Å². The average molecular weight is 372 g/mol. The second-order valence-electron chi connectivity index (χ2n) is 5.60. The molecule has 24 heavy (non-hydrogen) atoms. The number of aryl methyl sites for hydroxylation is 1. The Labute approximate surface area is 149 Å². The van der Waals surface area contributed by atoms with Crippen molar-refractivity contribution in [3.63, 3.8) is 0 Å². The van der Waals surface area contributed by atoms with Crippen molar-refractivity contribution >= 4 is 24.3 Å². The SMILES string of the molecule is CC=CC(=CC)OP(=S)(NC(C)C(=O)OC(C)C)n1cc[n+](C)c1. The fourth-order valence-electron chi connectivity index (χ4n) is 1.85. The molecule has 0 aliphatic rings. The molecule has 0 aliphatic heterocycles. The lowest BCUT2D eigenvalue weighted by atomic mass is 10.4. The zero-order chi connectivity index (χ0) is 18.3. The molecule has 0 aliphatic carbocycles. The van der Waals surface area contributed by atoms with E-state index in [1.807, 2.05) is 76.3 Å². The summed E-state index contributed by atoms with van der Waals surface area (Å²) in [4.78, 5) is 12.1. The van der Waals surface area contributed by atoms with E-state index in [4.69, 9.17) is 21.1 Å². The van der Waals surface area contributed by atoms with E-state index in [1.165, 1.54) is 0 Å². The first kappa shape index (κ1) is 20.6. The molecule has 1 rings (SSSR count). The van der Waals surface area contributed by atoms with Gasteiger partial charge in [-0.25, -0.2) is 9.65 Å². The van der Waals surface area contributed by atoms with Crippen LogP contribution >= 0.6 is 6.57 Å². The Morgan fingerprint density at radius 3 is 2.50 bits per heavy atom. The zero-order valence-electron chi connectivity index (χ0n) is 15.1. The average Bonchev–Trinajstić information content (AvgIpc) is 2.93. The number of esters is 1. The zero-order valence-corrected chi connectivity index (χ0v) is 16.8. The molecular formula is C16H27N3O3PS+. The van der Waals surface area contributed by atoms with Crippen LogP contribution in [0.3, 0.4) is 0 Å². The van der Waals surface area contributed by atoms with Crippen LogP contribution < -0.4 is 9.65 Å². The van der Waals surface area contributed by atoms with Gasteiger partial charge in [0.25, 0.3) is 0 Å². The Balaban J connectivity index is 3.10. The molecule has 1 N–H and O–H groups in total. The summed E-state index contributed by atoms with van der Waals surface area (Å²) in [6, 6.07) is -0.588. The molecule has 0 saturated heterocycles. The van der Waals surface area contributed by atoms with Crippen LogP contribution in [0.4, 0.5) is 0 Å². The van der Waals surface area contributed by atoms with E-state index >= 15 is 0 Å². The van der Waals surface area contributed by atoms with Gasteiger partial charge in [0.2, 0.25) is 6.33 Å². The molecular weight excluding hydrogens is 345 g/mol. The van der Waals surface area contributed by atoms with Gasteiger partial charge in [0, 0.05) is 11.8 Å². The van der Waals surface area contributed by atoms with Crippen LogP contribution in [0.5, 0.6) is 0 Å². The van der Waals surface area contributed by atoms with Crippen molar-refractivity contribution in [1.82, 2.24) is 9.42 Å². The Morgan fingerprint density at radius 2 is 2.04 bits per heavy atom. The summed E-state index contributed by atoms with van der Waals surface area (Å²) in [6.45, 7) is 6.38. The van der Waals surface area contributed by atoms with E-state index in [2.05, 4.69) is 5.09 Å². The number of nitrogens with one attached hydrogen (secondary N) is 1. The number of allylic oxidation sites excluding steroid dienone is 3. The lowest BCUT2D eigenvalue weighted by Crippen LogP contribution is -2.36. The minimum atomic E-state index is -2.75. The van der Waals surface area contributed by atoms with Crippen molar-refractivity contribution in [3.05, 3.63) is 42.7 Å². The molecule has 0 saturated carbocycles. The van der Waals surface area contributed by atoms with Gasteiger partial charge in [0.1, 0.15) is 24.2 Å². The van der Waals surface area contributed by atoms with Crippen LogP contribution in [0.25, 0.3) is 0 Å². The van der Waals surface area contributed by atoms with Crippen molar-refractivity contribution in [2.24, 2.45) is 7.05 Å². The van der Waals surface area contributed by atoms with Crippen LogP contribution in [0.15, 0.2) is 42.7 Å². The number of nitrogens with zero attached hydrogens (tertiary/aromatic N) is 2. The van der Waals surface area contributed by atoms with Gasteiger partial charge in [-0.05, 0) is 46.8 Å². The first-order chi connectivity index (χ1) is 11.2. The first-order valence-electron chi connectivity index (χ1n) is 7.82. The van der Waals surface area contributed by atoms with Crippen LogP contribution in [0.2, 0.25) is 0 Å². The molecule has 8 heteroatoms. The normalized spacial score (nSPS) is 16.2. The lowest BCUT2D eigenvalue weighted by molar-refractivity contribution is -0.670. The molecule has 0 spiro atoms. The molecule has 0 bridgehead atoms. The molecule has 1 heterocycles. The molecule has 1 aromatic rings. The Kier molecular flexibility index (Phi) is 7.87. The van der Waals surface area contributed by atoms with E-state index in [9.17, 15) is 4.79 Å². The van der Waals surface area contributed by atoms with E-state index in [-0.39, 0.29) is 12.1 Å². The molecule has 1 aromatic heterocycles. The minimum absolute atomic E-state index is 0.181. The van der Waals surface area contributed by atoms with E-state index in [0.717, 1.165) is 0 Å². The van der Waals surface area contributed by atoms with Crippen molar-refractivity contribution in [1.29, 1.82) is 0 Å². The van der Waals surface area contributed by atoms with Crippen LogP contribution in [-0.2, 0) is 32.9 Å². The minimum Gasteiger partial charge on any atom is -0.462 e. The van der Waals surface area contributed by atoms with Gasteiger partial charge in [-0.2, -0.15) is 4.34 Å². The smallest absolute Gasteiger partial charge is 0.367 e. The number of hydrogen-bond donors (Lipinski definition) is 1. The highest BCUT2D eigenvalue weighted by Crippen LogP contribution is 2.47. The van der Waals surface area contributed by atoms with Gasteiger partial charge in [0.05, 0.1) is 13.2 Å². The van der Waals surface area contributed by atoms with Gasteiger partial charge in [-0.3, -0.25) is 4.79 Å². The summed E-state index contributed by atoms with van der Waals surface area (Å²) >= 11 is 5.79. The van der Waals surface area contributed by atoms with Gasteiger partial charge in [-0.15, -0.1) is 0 Å². The highest BCUT2D eigenvalue weighted by atomic mass is 32.4. The number of hydrogen-bond acceptors (Lipinski definition) is 4. The topological polar surface area (TPSA) is 56.4 Å². The van der Waals surface area contributed by atoms with Crippen LogP contribution in [0, 0.1) is 0 Å². The Hall–Kier alpha value is -1.43. The predicted molar refractivity (Wildman–Crippen MR) is 98.8 cm³/mol. The van der Waals surface area contributed by atoms with Gasteiger partial charge in [-0.1, -0.05) is 6.08 Å². The maximum absolute atomic E-state index is 12.1. The lowest BCUT2D eigenvalue weighted by Gasteiger charge is -2.24. The van der Waals surface area contributed by atoms with E-state index in [0.29, 0.717) is 5.76 Å². The van der Waals surface area contributed by atoms with E-state index < -0.39 is 12.6 Å². The van der Waals surface area contributed by atoms with Gasteiger partial charge < -0.3 is 9.26 Å². The summed E-state index contributed by atoms with van der Waals surface area (Å²) in [7, 11) is 1.90. The molecule has 2 atom stereocenters.